The Bertz CT molecular complexity index is 990. The van der Waals surface area contributed by atoms with Crippen LogP contribution in [0.2, 0.25) is 0 Å². The van der Waals surface area contributed by atoms with E-state index in [0.29, 0.717) is 5.01 Å². The van der Waals surface area contributed by atoms with Crippen LogP contribution in [0.15, 0.2) is 54.6 Å². The summed E-state index contributed by atoms with van der Waals surface area (Å²) in [6.07, 6.45) is 1.99. The highest BCUT2D eigenvalue weighted by atomic mass is 32.1. The van der Waals surface area contributed by atoms with Gasteiger partial charge in [-0.2, -0.15) is 0 Å². The van der Waals surface area contributed by atoms with Crippen molar-refractivity contribution in [2.45, 2.75) is 32.8 Å². The van der Waals surface area contributed by atoms with Gasteiger partial charge < -0.3 is 10.1 Å². The molecule has 0 aliphatic heterocycles. The minimum absolute atomic E-state index is 0.270. The molecular weight excluding hydrogens is 372 g/mol. The van der Waals surface area contributed by atoms with Gasteiger partial charge in [0.2, 0.25) is 0 Å². The predicted molar refractivity (Wildman–Crippen MR) is 113 cm³/mol. The van der Waals surface area contributed by atoms with Crippen molar-refractivity contribution < 1.29 is 14.3 Å². The summed E-state index contributed by atoms with van der Waals surface area (Å²) in [6, 6.07) is 15.4. The molecule has 1 heterocycles. The van der Waals surface area contributed by atoms with Crippen LogP contribution >= 0.6 is 11.3 Å². The van der Waals surface area contributed by atoms with Gasteiger partial charge in [-0.05, 0) is 42.7 Å². The Kier molecular flexibility index (Phi) is 6.21. The number of benzene rings is 2. The number of rotatable bonds is 6. The van der Waals surface area contributed by atoms with E-state index in [1.807, 2.05) is 48.5 Å². The first kappa shape index (κ1) is 19.8. The third-order valence-corrected chi connectivity index (χ3v) is 5.18. The third kappa shape index (κ3) is 4.84. The first-order chi connectivity index (χ1) is 13.4. The molecule has 0 saturated heterocycles. The van der Waals surface area contributed by atoms with Crippen LogP contribution in [0.5, 0.6) is 0 Å². The van der Waals surface area contributed by atoms with Crippen molar-refractivity contribution in [1.29, 1.82) is 0 Å². The largest absolute Gasteiger partial charge is 0.449 e. The number of carbonyl (C=O) groups is 2. The molecule has 5 nitrogen and oxygen atoms in total. The fourth-order valence-corrected chi connectivity index (χ4v) is 3.59. The second-order valence-electron chi connectivity index (χ2n) is 6.66. The maximum atomic E-state index is 12.4. The van der Waals surface area contributed by atoms with Crippen molar-refractivity contribution >= 4 is 45.2 Å². The van der Waals surface area contributed by atoms with Crippen LogP contribution in [-0.2, 0) is 14.3 Å². The monoisotopic (exact) mass is 394 g/mol. The van der Waals surface area contributed by atoms with E-state index in [1.165, 1.54) is 17.4 Å². The summed E-state index contributed by atoms with van der Waals surface area (Å²) in [7, 11) is 0. The molecule has 1 N–H and O–H groups in total. The van der Waals surface area contributed by atoms with Crippen LogP contribution in [-0.4, -0.2) is 23.0 Å². The van der Waals surface area contributed by atoms with E-state index in [0.717, 1.165) is 21.5 Å². The number of para-hydroxylation sites is 2. The maximum Gasteiger partial charge on any atom is 0.331 e. The molecule has 0 aliphatic rings. The molecule has 0 aliphatic carbocycles. The van der Waals surface area contributed by atoms with Gasteiger partial charge in [-0.15, -0.1) is 11.3 Å². The lowest BCUT2D eigenvalue weighted by Gasteiger charge is -2.16. The van der Waals surface area contributed by atoms with Crippen LogP contribution in [0.25, 0.3) is 16.3 Å². The number of fused-ring (bicyclic) bond motifs is 1. The Morgan fingerprint density at radius 1 is 1.07 bits per heavy atom. The zero-order valence-corrected chi connectivity index (χ0v) is 16.8. The number of nitrogens with one attached hydrogen (secondary N) is 1. The molecule has 0 radical (unpaired) electrons. The second kappa shape index (κ2) is 8.80. The van der Waals surface area contributed by atoms with Crippen LogP contribution in [0.1, 0.15) is 37.3 Å². The molecule has 1 aromatic heterocycles. The number of nitrogens with zero attached hydrogens (tertiary/aromatic N) is 1. The van der Waals surface area contributed by atoms with E-state index < -0.39 is 12.1 Å². The SMILES string of the molecule is CC(C)c1ccccc1NC(=O)[C@@H](C)OC(=O)/C=C/c1nc2ccccc2s1. The molecule has 6 heteroatoms. The Hall–Kier alpha value is -2.99. The zero-order valence-electron chi connectivity index (χ0n) is 16.0. The Morgan fingerprint density at radius 2 is 1.79 bits per heavy atom. The molecule has 3 aromatic rings. The van der Waals surface area contributed by atoms with Gasteiger partial charge >= 0.3 is 5.97 Å². The number of esters is 1. The number of aromatic nitrogens is 1. The third-order valence-electron chi connectivity index (χ3n) is 4.18. The first-order valence-electron chi connectivity index (χ1n) is 9.08. The number of hydrogen-bond donors (Lipinski definition) is 1. The van der Waals surface area contributed by atoms with Crippen LogP contribution in [0.4, 0.5) is 5.69 Å². The van der Waals surface area contributed by atoms with Crippen molar-refractivity contribution in [3.63, 3.8) is 0 Å². The number of carbonyl (C=O) groups excluding carboxylic acids is 2. The highest BCUT2D eigenvalue weighted by molar-refractivity contribution is 7.19. The smallest absolute Gasteiger partial charge is 0.331 e. The molecule has 0 spiro atoms. The van der Waals surface area contributed by atoms with Crippen LogP contribution in [0.3, 0.4) is 0 Å². The van der Waals surface area contributed by atoms with Gasteiger partial charge in [0.1, 0.15) is 5.01 Å². The van der Waals surface area contributed by atoms with E-state index in [-0.39, 0.29) is 11.8 Å². The average molecular weight is 394 g/mol. The molecule has 3 rings (SSSR count). The molecule has 0 fully saturated rings. The van der Waals surface area contributed by atoms with Crippen LogP contribution < -0.4 is 5.32 Å². The molecule has 144 valence electrons. The minimum atomic E-state index is -0.910. The number of ether oxygens (including phenoxy) is 1. The van der Waals surface area contributed by atoms with Crippen molar-refractivity contribution in [2.24, 2.45) is 0 Å². The van der Waals surface area contributed by atoms with Gasteiger partial charge in [-0.3, -0.25) is 4.79 Å². The fraction of sp³-hybridized carbons (Fsp3) is 0.227. The van der Waals surface area contributed by atoms with E-state index >= 15 is 0 Å². The van der Waals surface area contributed by atoms with E-state index in [1.54, 1.807) is 13.0 Å². The van der Waals surface area contributed by atoms with Gasteiger partial charge in [0.05, 0.1) is 10.2 Å². The highest BCUT2D eigenvalue weighted by Gasteiger charge is 2.18. The highest BCUT2D eigenvalue weighted by Crippen LogP contribution is 2.24. The molecule has 1 amide bonds. The normalized spacial score (nSPS) is 12.4. The first-order valence-corrected chi connectivity index (χ1v) is 9.89. The Labute approximate surface area is 168 Å². The number of thiazole rings is 1. The summed E-state index contributed by atoms with van der Waals surface area (Å²) in [5.74, 6) is -0.681. The molecule has 28 heavy (non-hydrogen) atoms. The lowest BCUT2D eigenvalue weighted by Crippen LogP contribution is -2.29. The van der Waals surface area contributed by atoms with Crippen molar-refractivity contribution in [3.8, 4) is 0 Å². The standard InChI is InChI=1S/C22H22N2O3S/c1-14(2)16-8-4-5-9-17(16)24-22(26)15(3)27-21(25)13-12-20-23-18-10-6-7-11-19(18)28-20/h4-15H,1-3H3,(H,24,26)/b13-12+/t15-/m1/s1. The molecule has 0 unspecified atom stereocenters. The fourth-order valence-electron chi connectivity index (χ4n) is 2.72. The molecule has 1 atom stereocenters. The lowest BCUT2D eigenvalue weighted by atomic mass is 10.0. The van der Waals surface area contributed by atoms with Crippen molar-refractivity contribution in [3.05, 3.63) is 65.2 Å². The second-order valence-corrected chi connectivity index (χ2v) is 7.73. The van der Waals surface area contributed by atoms with Crippen LogP contribution in [0, 0.1) is 0 Å². The number of hydrogen-bond acceptors (Lipinski definition) is 5. The summed E-state index contributed by atoms with van der Waals surface area (Å²) >= 11 is 1.49. The van der Waals surface area contributed by atoms with Crippen molar-refractivity contribution in [2.75, 3.05) is 5.32 Å². The Balaban J connectivity index is 1.59. The number of amides is 1. The summed E-state index contributed by atoms with van der Waals surface area (Å²) in [6.45, 7) is 5.67. The molecule has 2 aromatic carbocycles. The van der Waals surface area contributed by atoms with E-state index in [4.69, 9.17) is 4.74 Å². The van der Waals surface area contributed by atoms with Gasteiger partial charge in [0, 0.05) is 11.8 Å². The lowest BCUT2D eigenvalue weighted by molar-refractivity contribution is -0.148. The average Bonchev–Trinajstić information content (AvgIpc) is 3.09. The quantitative estimate of drug-likeness (QED) is 0.472. The number of anilines is 1. The van der Waals surface area contributed by atoms with Crippen molar-refractivity contribution in [1.82, 2.24) is 4.98 Å². The summed E-state index contributed by atoms with van der Waals surface area (Å²) < 4.78 is 6.27. The van der Waals surface area contributed by atoms with E-state index in [9.17, 15) is 9.59 Å². The summed E-state index contributed by atoms with van der Waals surface area (Å²) in [5.41, 5.74) is 2.65. The maximum absolute atomic E-state index is 12.4. The van der Waals surface area contributed by atoms with Gasteiger partial charge in [0.15, 0.2) is 6.10 Å². The summed E-state index contributed by atoms with van der Waals surface area (Å²) in [4.78, 5) is 28.9. The minimum Gasteiger partial charge on any atom is -0.449 e. The summed E-state index contributed by atoms with van der Waals surface area (Å²) in [5, 5.41) is 3.55. The van der Waals surface area contributed by atoms with Gasteiger partial charge in [-0.25, -0.2) is 9.78 Å². The molecule has 0 bridgehead atoms. The Morgan fingerprint density at radius 3 is 2.54 bits per heavy atom. The van der Waals surface area contributed by atoms with Gasteiger partial charge in [0.25, 0.3) is 5.91 Å². The molecule has 0 saturated carbocycles. The predicted octanol–water partition coefficient (Wildman–Crippen LogP) is 5.00. The van der Waals surface area contributed by atoms with E-state index in [2.05, 4.69) is 24.1 Å². The topological polar surface area (TPSA) is 68.3 Å². The zero-order chi connectivity index (χ0) is 20.1. The van der Waals surface area contributed by atoms with Gasteiger partial charge in [-0.1, -0.05) is 44.2 Å². The molecular formula is C22H22N2O3S.